The van der Waals surface area contributed by atoms with Crippen molar-refractivity contribution in [3.05, 3.63) is 35.4 Å². The molecule has 0 radical (unpaired) electrons. The van der Waals surface area contributed by atoms with E-state index in [1.807, 2.05) is 0 Å². The number of phenols is 5. The summed E-state index contributed by atoms with van der Waals surface area (Å²) in [5.41, 5.74) is -0.395. The average Bonchev–Trinajstić information content (AvgIpc) is 2.74. The molecule has 2 aliphatic rings. The molecule has 0 bridgehead atoms. The average molecular weight is 466 g/mol. The maximum atomic E-state index is 13.3. The van der Waals surface area contributed by atoms with E-state index in [-0.39, 0.29) is 16.9 Å². The van der Waals surface area contributed by atoms with Gasteiger partial charge in [0.25, 0.3) is 0 Å². The van der Waals surface area contributed by atoms with Gasteiger partial charge in [0.2, 0.25) is 5.78 Å². The van der Waals surface area contributed by atoms with Crippen LogP contribution in [-0.2, 0) is 9.47 Å². The van der Waals surface area contributed by atoms with Crippen LogP contribution in [0, 0.1) is 0 Å². The highest BCUT2D eigenvalue weighted by molar-refractivity contribution is 6.05. The molecule has 12 heteroatoms. The van der Waals surface area contributed by atoms with E-state index in [1.165, 1.54) is 6.92 Å². The number of carbonyl (C=O) groups excluding carboxylic acids is 1. The summed E-state index contributed by atoms with van der Waals surface area (Å²) < 4.78 is 16.8. The smallest absolute Gasteiger partial charge is 0.203 e. The number of hydrogen-bond donors (Lipinski definition) is 8. The fourth-order valence-corrected chi connectivity index (χ4v) is 3.84. The number of ether oxygens (including phenoxy) is 3. The fraction of sp³-hybridized carbons (Fsp3) is 0.381. The van der Waals surface area contributed by atoms with E-state index in [1.54, 1.807) is 0 Å². The second-order valence-electron chi connectivity index (χ2n) is 7.89. The van der Waals surface area contributed by atoms with Gasteiger partial charge in [-0.25, -0.2) is 0 Å². The third-order valence-electron chi connectivity index (χ3n) is 5.61. The van der Waals surface area contributed by atoms with E-state index < -0.39 is 77.4 Å². The van der Waals surface area contributed by atoms with Gasteiger partial charge in [-0.05, 0) is 19.1 Å². The summed E-state index contributed by atoms with van der Waals surface area (Å²) in [6.07, 6.45) is -10.5. The topological polar surface area (TPSA) is 207 Å². The van der Waals surface area contributed by atoms with E-state index in [4.69, 9.17) is 14.2 Å². The minimum atomic E-state index is -1.76. The molecule has 0 amide bonds. The predicted molar refractivity (Wildman–Crippen MR) is 106 cm³/mol. The highest BCUT2D eigenvalue weighted by atomic mass is 16.7. The number of ketones is 1. The number of aliphatic hydroxyl groups is 3. The Hall–Kier alpha value is -3.29. The summed E-state index contributed by atoms with van der Waals surface area (Å²) in [5.74, 6) is -4.40. The molecule has 0 aliphatic carbocycles. The first-order valence-electron chi connectivity index (χ1n) is 9.86. The van der Waals surface area contributed by atoms with Crippen LogP contribution in [0.15, 0.2) is 24.3 Å². The first-order valence-corrected chi connectivity index (χ1v) is 9.86. The van der Waals surface area contributed by atoms with Gasteiger partial charge in [-0.3, -0.25) is 4.79 Å². The number of rotatable bonds is 3. The molecule has 2 aromatic carbocycles. The van der Waals surface area contributed by atoms with Gasteiger partial charge in [0.15, 0.2) is 35.7 Å². The molecule has 0 aromatic heterocycles. The number of Topliss-reactive ketones (excluding diaryl/α,β-unsaturated/α-hetero) is 1. The van der Waals surface area contributed by atoms with Crippen molar-refractivity contribution < 1.29 is 59.9 Å². The second kappa shape index (κ2) is 8.24. The number of carbonyl (C=O) groups is 1. The lowest BCUT2D eigenvalue weighted by molar-refractivity contribution is -0.304. The summed E-state index contributed by atoms with van der Waals surface area (Å²) in [7, 11) is 0. The number of aliphatic hydroxyl groups excluding tert-OH is 3. The van der Waals surface area contributed by atoms with Gasteiger partial charge in [-0.2, -0.15) is 0 Å². The lowest BCUT2D eigenvalue weighted by atomic mass is 9.92. The van der Waals surface area contributed by atoms with Gasteiger partial charge in [0, 0.05) is 17.7 Å². The minimum Gasteiger partial charge on any atom is -0.508 e. The molecule has 1 fully saturated rings. The van der Waals surface area contributed by atoms with E-state index >= 15 is 0 Å². The van der Waals surface area contributed by atoms with Gasteiger partial charge in [0.1, 0.15) is 41.1 Å². The van der Waals surface area contributed by atoms with Crippen molar-refractivity contribution in [1.82, 2.24) is 0 Å². The Kier molecular flexibility index (Phi) is 5.72. The molecule has 2 aliphatic heterocycles. The third kappa shape index (κ3) is 3.87. The molecule has 0 saturated carbocycles. The van der Waals surface area contributed by atoms with Crippen LogP contribution in [0.3, 0.4) is 0 Å². The molecular weight excluding hydrogens is 444 g/mol. The van der Waals surface area contributed by atoms with E-state index in [9.17, 15) is 45.6 Å². The molecule has 178 valence electrons. The van der Waals surface area contributed by atoms with E-state index in [0.717, 1.165) is 24.3 Å². The lowest BCUT2D eigenvalue weighted by Gasteiger charge is -2.42. The summed E-state index contributed by atoms with van der Waals surface area (Å²) in [5, 5.41) is 79.7. The molecule has 8 N–H and O–H groups in total. The van der Waals surface area contributed by atoms with Gasteiger partial charge < -0.3 is 55.1 Å². The Balaban J connectivity index is 1.78. The zero-order valence-electron chi connectivity index (χ0n) is 17.1. The van der Waals surface area contributed by atoms with E-state index in [2.05, 4.69) is 0 Å². The first kappa shape index (κ1) is 22.9. The molecule has 4 rings (SSSR count). The van der Waals surface area contributed by atoms with Crippen LogP contribution in [0.4, 0.5) is 0 Å². The molecule has 33 heavy (non-hydrogen) atoms. The van der Waals surface area contributed by atoms with Crippen LogP contribution in [0.25, 0.3) is 0 Å². The largest absolute Gasteiger partial charge is 0.508 e. The summed E-state index contributed by atoms with van der Waals surface area (Å²) >= 11 is 0. The number of fused-ring (bicyclic) bond motifs is 1. The Morgan fingerprint density at radius 2 is 1.48 bits per heavy atom. The third-order valence-corrected chi connectivity index (χ3v) is 5.61. The minimum absolute atomic E-state index is 0.0476. The zero-order valence-corrected chi connectivity index (χ0v) is 17.1. The van der Waals surface area contributed by atoms with Crippen LogP contribution < -0.4 is 4.74 Å². The quantitative estimate of drug-likeness (QED) is 0.275. The molecule has 12 nitrogen and oxygen atoms in total. The van der Waals surface area contributed by atoms with Crippen molar-refractivity contribution in [2.75, 3.05) is 0 Å². The number of aromatic hydroxyl groups is 5. The molecule has 0 spiro atoms. The molecule has 2 heterocycles. The second-order valence-corrected chi connectivity index (χ2v) is 7.89. The van der Waals surface area contributed by atoms with Crippen LogP contribution >= 0.6 is 0 Å². The van der Waals surface area contributed by atoms with Crippen LogP contribution in [-0.4, -0.2) is 83.4 Å². The van der Waals surface area contributed by atoms with Crippen LogP contribution in [0.2, 0.25) is 0 Å². The highest BCUT2D eigenvalue weighted by Crippen LogP contribution is 2.46. The van der Waals surface area contributed by atoms with Gasteiger partial charge in [-0.1, -0.05) is 0 Å². The molecule has 7 atom stereocenters. The van der Waals surface area contributed by atoms with Crippen molar-refractivity contribution in [3.8, 4) is 34.5 Å². The van der Waals surface area contributed by atoms with Crippen molar-refractivity contribution in [1.29, 1.82) is 0 Å². The number of benzene rings is 2. The van der Waals surface area contributed by atoms with Crippen molar-refractivity contribution in [2.24, 2.45) is 0 Å². The Labute approximate surface area is 186 Å². The SMILES string of the molecule is C[C@@H]1O[C@H](O[C@H]2C(=O)c3c(O)cc(O)cc3O[C@H]2c2cc(O)c(O)c(O)c2)[C@H](O)[C@H](O)[C@H]1O. The Morgan fingerprint density at radius 3 is 2.12 bits per heavy atom. The molecule has 1 saturated heterocycles. The Morgan fingerprint density at radius 1 is 0.848 bits per heavy atom. The fourth-order valence-electron chi connectivity index (χ4n) is 3.84. The molecular formula is C21H22O12. The van der Waals surface area contributed by atoms with Crippen molar-refractivity contribution >= 4 is 5.78 Å². The highest BCUT2D eigenvalue weighted by Gasteiger charge is 2.48. The normalized spacial score (nSPS) is 31.6. The van der Waals surface area contributed by atoms with Crippen molar-refractivity contribution in [3.63, 3.8) is 0 Å². The monoisotopic (exact) mass is 466 g/mol. The van der Waals surface area contributed by atoms with Crippen LogP contribution in [0.5, 0.6) is 34.5 Å². The van der Waals surface area contributed by atoms with Gasteiger partial charge >= 0.3 is 0 Å². The van der Waals surface area contributed by atoms with Crippen LogP contribution in [0.1, 0.15) is 28.9 Å². The molecule has 2 aromatic rings. The first-order chi connectivity index (χ1) is 15.5. The zero-order chi connectivity index (χ0) is 24.2. The Bertz CT molecular complexity index is 1060. The predicted octanol–water partition coefficient (Wildman–Crippen LogP) is -0.256. The maximum absolute atomic E-state index is 13.3. The molecule has 0 unspecified atom stereocenters. The summed E-state index contributed by atoms with van der Waals surface area (Å²) in [6, 6.07) is 3.96. The number of hydrogen-bond acceptors (Lipinski definition) is 12. The van der Waals surface area contributed by atoms with Gasteiger partial charge in [-0.15, -0.1) is 0 Å². The van der Waals surface area contributed by atoms with Gasteiger partial charge in [0.05, 0.1) is 6.10 Å². The van der Waals surface area contributed by atoms with Crippen molar-refractivity contribution in [2.45, 2.75) is 49.8 Å². The standard InChI is InChI=1S/C21H22O12/c1-6-14(26)17(29)18(30)21(31-6)33-20-16(28)13-9(23)4-8(22)5-12(13)32-19(20)7-2-10(24)15(27)11(25)3-7/h2-6,14,17-27,29-30H,1H3/t6-,14-,17+,18+,19-,20-,21+/m0/s1. The van der Waals surface area contributed by atoms with E-state index in [0.29, 0.717) is 0 Å². The lowest BCUT2D eigenvalue weighted by Crippen LogP contribution is -2.59. The summed E-state index contributed by atoms with van der Waals surface area (Å²) in [6.45, 7) is 1.41. The number of phenolic OH excluding ortho intramolecular Hbond substituents is 5. The maximum Gasteiger partial charge on any atom is 0.203 e. The summed E-state index contributed by atoms with van der Waals surface area (Å²) in [4.78, 5) is 13.3.